The van der Waals surface area contributed by atoms with E-state index in [4.69, 9.17) is 0 Å². The van der Waals surface area contributed by atoms with Crippen LogP contribution in [0.15, 0.2) is 48.5 Å². The van der Waals surface area contributed by atoms with Gasteiger partial charge in [0.15, 0.2) is 12.0 Å². The average molecular weight is 279 g/mol. The second-order valence-corrected chi connectivity index (χ2v) is 4.68. The summed E-state index contributed by atoms with van der Waals surface area (Å²) < 4.78 is 1.60. The number of rotatable bonds is 3. The number of aryl methyl sites for hydroxylation is 1. The van der Waals surface area contributed by atoms with Crippen molar-refractivity contribution in [2.75, 3.05) is 0 Å². The Bertz CT molecular complexity index is 792. The zero-order chi connectivity index (χ0) is 14.8. The van der Waals surface area contributed by atoms with Gasteiger partial charge in [-0.15, -0.1) is 5.10 Å². The van der Waals surface area contributed by atoms with E-state index in [1.165, 1.54) is 0 Å². The third-order valence-corrected chi connectivity index (χ3v) is 3.30. The van der Waals surface area contributed by atoms with Gasteiger partial charge >= 0.3 is 0 Å². The Morgan fingerprint density at radius 1 is 1.10 bits per heavy atom. The SMILES string of the molecule is Cc1ccccc1-c1c(C=O)nnn1-c1ccc(O)cc1. The molecule has 1 N–H and O–H groups in total. The molecule has 0 aliphatic rings. The summed E-state index contributed by atoms with van der Waals surface area (Å²) in [6, 6.07) is 14.3. The highest BCUT2D eigenvalue weighted by atomic mass is 16.3. The number of aldehydes is 1. The number of hydrogen-bond acceptors (Lipinski definition) is 4. The highest BCUT2D eigenvalue weighted by molar-refractivity contribution is 5.84. The van der Waals surface area contributed by atoms with Gasteiger partial charge in [-0.1, -0.05) is 29.5 Å². The summed E-state index contributed by atoms with van der Waals surface area (Å²) >= 11 is 0. The number of nitrogens with zero attached hydrogens (tertiary/aromatic N) is 3. The second-order valence-electron chi connectivity index (χ2n) is 4.68. The van der Waals surface area contributed by atoms with E-state index in [2.05, 4.69) is 10.3 Å². The highest BCUT2D eigenvalue weighted by Gasteiger charge is 2.17. The van der Waals surface area contributed by atoms with Crippen molar-refractivity contribution in [2.45, 2.75) is 6.92 Å². The maximum Gasteiger partial charge on any atom is 0.172 e. The molecule has 0 radical (unpaired) electrons. The first kappa shape index (κ1) is 13.1. The van der Waals surface area contributed by atoms with Crippen LogP contribution in [0.25, 0.3) is 16.9 Å². The molecule has 3 rings (SSSR count). The lowest BCUT2D eigenvalue weighted by Crippen LogP contribution is -2.00. The van der Waals surface area contributed by atoms with Crippen LogP contribution in [-0.2, 0) is 0 Å². The summed E-state index contributed by atoms with van der Waals surface area (Å²) in [4.78, 5) is 11.3. The minimum Gasteiger partial charge on any atom is -0.508 e. The van der Waals surface area contributed by atoms with Crippen molar-refractivity contribution in [1.29, 1.82) is 0 Å². The number of hydrogen-bond donors (Lipinski definition) is 1. The maximum absolute atomic E-state index is 11.3. The van der Waals surface area contributed by atoms with Crippen molar-refractivity contribution in [3.63, 3.8) is 0 Å². The Kier molecular flexibility index (Phi) is 3.23. The van der Waals surface area contributed by atoms with E-state index in [-0.39, 0.29) is 11.4 Å². The molecule has 0 atom stereocenters. The number of phenolic OH excluding ortho intramolecular Hbond substituents is 1. The van der Waals surface area contributed by atoms with Gasteiger partial charge in [0.05, 0.1) is 5.69 Å². The Hall–Kier alpha value is -2.95. The van der Waals surface area contributed by atoms with Gasteiger partial charge in [-0.25, -0.2) is 4.68 Å². The van der Waals surface area contributed by atoms with Crippen LogP contribution >= 0.6 is 0 Å². The molecular formula is C16H13N3O2. The van der Waals surface area contributed by atoms with Gasteiger partial charge in [0.25, 0.3) is 0 Å². The summed E-state index contributed by atoms with van der Waals surface area (Å²) in [5, 5.41) is 17.4. The molecular weight excluding hydrogens is 266 g/mol. The van der Waals surface area contributed by atoms with Crippen molar-refractivity contribution >= 4 is 6.29 Å². The van der Waals surface area contributed by atoms with E-state index in [0.29, 0.717) is 12.0 Å². The molecule has 1 aromatic heterocycles. The van der Waals surface area contributed by atoms with Crippen molar-refractivity contribution in [3.8, 4) is 22.7 Å². The van der Waals surface area contributed by atoms with E-state index < -0.39 is 0 Å². The van der Waals surface area contributed by atoms with E-state index in [1.807, 2.05) is 31.2 Å². The van der Waals surface area contributed by atoms with Crippen molar-refractivity contribution in [3.05, 3.63) is 59.8 Å². The van der Waals surface area contributed by atoms with Gasteiger partial charge in [0, 0.05) is 5.56 Å². The van der Waals surface area contributed by atoms with Gasteiger partial charge in [-0.3, -0.25) is 4.79 Å². The van der Waals surface area contributed by atoms with Crippen LogP contribution in [0.5, 0.6) is 5.75 Å². The number of phenols is 1. The molecule has 104 valence electrons. The Morgan fingerprint density at radius 3 is 2.48 bits per heavy atom. The fourth-order valence-electron chi connectivity index (χ4n) is 2.24. The predicted octanol–water partition coefficient (Wildman–Crippen LogP) is 2.76. The molecule has 0 saturated carbocycles. The van der Waals surface area contributed by atoms with Crippen LogP contribution in [0.1, 0.15) is 16.1 Å². The first-order valence-corrected chi connectivity index (χ1v) is 6.47. The third kappa shape index (κ3) is 2.29. The average Bonchev–Trinajstić information content (AvgIpc) is 2.92. The van der Waals surface area contributed by atoms with E-state index in [9.17, 15) is 9.90 Å². The number of carbonyl (C=O) groups is 1. The van der Waals surface area contributed by atoms with E-state index in [0.717, 1.165) is 16.8 Å². The molecule has 0 spiro atoms. The predicted molar refractivity (Wildman–Crippen MR) is 78.6 cm³/mol. The molecule has 0 saturated heterocycles. The van der Waals surface area contributed by atoms with Crippen molar-refractivity contribution < 1.29 is 9.90 Å². The minimum atomic E-state index is 0.173. The van der Waals surface area contributed by atoms with Crippen molar-refractivity contribution in [2.24, 2.45) is 0 Å². The molecule has 0 aliphatic heterocycles. The monoisotopic (exact) mass is 279 g/mol. The third-order valence-electron chi connectivity index (χ3n) is 3.30. The fraction of sp³-hybridized carbons (Fsp3) is 0.0625. The summed E-state index contributed by atoms with van der Waals surface area (Å²) in [5.41, 5.74) is 3.60. The van der Waals surface area contributed by atoms with Crippen molar-refractivity contribution in [1.82, 2.24) is 15.0 Å². The summed E-state index contributed by atoms with van der Waals surface area (Å²) in [6.07, 6.45) is 0.700. The van der Waals surface area contributed by atoms with Gasteiger partial charge in [0.1, 0.15) is 11.4 Å². The first-order valence-electron chi connectivity index (χ1n) is 6.47. The smallest absolute Gasteiger partial charge is 0.172 e. The molecule has 1 heterocycles. The lowest BCUT2D eigenvalue weighted by molar-refractivity contribution is 0.111. The normalized spacial score (nSPS) is 10.5. The van der Waals surface area contributed by atoms with E-state index >= 15 is 0 Å². The van der Waals surface area contributed by atoms with Gasteiger partial charge in [0.2, 0.25) is 0 Å². The van der Waals surface area contributed by atoms with Crippen LogP contribution < -0.4 is 0 Å². The van der Waals surface area contributed by atoms with Gasteiger partial charge in [-0.05, 0) is 36.8 Å². The Morgan fingerprint density at radius 2 is 1.81 bits per heavy atom. The molecule has 0 fully saturated rings. The molecule has 21 heavy (non-hydrogen) atoms. The summed E-state index contributed by atoms with van der Waals surface area (Å²) in [6.45, 7) is 1.97. The quantitative estimate of drug-likeness (QED) is 0.748. The molecule has 0 bridgehead atoms. The summed E-state index contributed by atoms with van der Waals surface area (Å²) in [7, 11) is 0. The minimum absolute atomic E-state index is 0.173. The molecule has 5 heteroatoms. The second kappa shape index (κ2) is 5.20. The lowest BCUT2D eigenvalue weighted by atomic mass is 10.0. The number of aromatic nitrogens is 3. The standard InChI is InChI=1S/C16H13N3O2/c1-11-4-2-3-5-14(11)16-15(10-20)17-18-19(16)12-6-8-13(21)9-7-12/h2-10,21H,1H3. The molecule has 3 aromatic rings. The van der Waals surface area contributed by atoms with Crippen LogP contribution in [0.4, 0.5) is 0 Å². The molecule has 5 nitrogen and oxygen atoms in total. The van der Waals surface area contributed by atoms with Crippen LogP contribution in [-0.4, -0.2) is 26.4 Å². The molecule has 0 unspecified atom stereocenters. The van der Waals surface area contributed by atoms with Crippen LogP contribution in [0.3, 0.4) is 0 Å². The van der Waals surface area contributed by atoms with E-state index in [1.54, 1.807) is 28.9 Å². The summed E-state index contributed by atoms with van der Waals surface area (Å²) in [5.74, 6) is 0.173. The Balaban J connectivity index is 2.24. The number of carbonyl (C=O) groups excluding carboxylic acids is 1. The fourth-order valence-corrected chi connectivity index (χ4v) is 2.24. The molecule has 0 amide bonds. The number of benzene rings is 2. The van der Waals surface area contributed by atoms with Gasteiger partial charge < -0.3 is 5.11 Å². The topological polar surface area (TPSA) is 68.0 Å². The zero-order valence-corrected chi connectivity index (χ0v) is 11.4. The van der Waals surface area contributed by atoms with Gasteiger partial charge in [-0.2, -0.15) is 0 Å². The maximum atomic E-state index is 11.3. The van der Waals surface area contributed by atoms with Crippen LogP contribution in [0.2, 0.25) is 0 Å². The highest BCUT2D eigenvalue weighted by Crippen LogP contribution is 2.27. The largest absolute Gasteiger partial charge is 0.508 e. The zero-order valence-electron chi connectivity index (χ0n) is 11.4. The molecule has 2 aromatic carbocycles. The Labute approximate surface area is 121 Å². The first-order chi connectivity index (χ1) is 10.2. The lowest BCUT2D eigenvalue weighted by Gasteiger charge is -2.09. The van der Waals surface area contributed by atoms with Crippen LogP contribution in [0, 0.1) is 6.92 Å². The number of aromatic hydroxyl groups is 1. The molecule has 0 aliphatic carbocycles.